The Hall–Kier alpha value is -0.610. The minimum atomic E-state index is 0.00234. The summed E-state index contributed by atoms with van der Waals surface area (Å²) in [6, 6.07) is 0.433. The largest absolute Gasteiger partial charge is 0.352 e. The Morgan fingerprint density at radius 3 is 2.65 bits per heavy atom. The lowest BCUT2D eigenvalue weighted by molar-refractivity contribution is -0.126. The SMILES string of the molecule is CCN(CC1CCCNC1)C(C)C(=O)NC1CCCC1. The molecule has 1 saturated heterocycles. The molecule has 0 aromatic carbocycles. The van der Waals surface area contributed by atoms with Gasteiger partial charge < -0.3 is 10.6 Å². The highest BCUT2D eigenvalue weighted by Gasteiger charge is 2.26. The molecule has 2 unspecified atom stereocenters. The van der Waals surface area contributed by atoms with Crippen molar-refractivity contribution in [1.29, 1.82) is 0 Å². The van der Waals surface area contributed by atoms with Gasteiger partial charge in [-0.1, -0.05) is 19.8 Å². The van der Waals surface area contributed by atoms with Crippen molar-refractivity contribution in [2.45, 2.75) is 64.5 Å². The summed E-state index contributed by atoms with van der Waals surface area (Å²) in [7, 11) is 0. The van der Waals surface area contributed by atoms with Gasteiger partial charge in [-0.3, -0.25) is 9.69 Å². The van der Waals surface area contributed by atoms with Crippen LogP contribution in [0.1, 0.15) is 52.4 Å². The summed E-state index contributed by atoms with van der Waals surface area (Å²) >= 11 is 0. The van der Waals surface area contributed by atoms with Crippen molar-refractivity contribution in [3.63, 3.8) is 0 Å². The molecule has 4 heteroatoms. The number of nitrogens with one attached hydrogen (secondary N) is 2. The van der Waals surface area contributed by atoms with Crippen LogP contribution in [0.15, 0.2) is 0 Å². The zero-order valence-corrected chi connectivity index (χ0v) is 13.2. The number of amides is 1. The first-order chi connectivity index (χ1) is 9.70. The number of rotatable bonds is 6. The summed E-state index contributed by atoms with van der Waals surface area (Å²) in [5.74, 6) is 0.924. The van der Waals surface area contributed by atoms with Gasteiger partial charge in [0.2, 0.25) is 5.91 Å². The van der Waals surface area contributed by atoms with Crippen molar-refractivity contribution in [2.75, 3.05) is 26.2 Å². The molecular formula is C16H31N3O. The number of hydrogen-bond donors (Lipinski definition) is 2. The van der Waals surface area contributed by atoms with E-state index in [1.807, 2.05) is 0 Å². The van der Waals surface area contributed by atoms with Crippen LogP contribution in [0.5, 0.6) is 0 Å². The summed E-state index contributed by atoms with van der Waals surface area (Å²) in [5.41, 5.74) is 0. The molecule has 1 heterocycles. The van der Waals surface area contributed by atoms with Gasteiger partial charge in [0.05, 0.1) is 6.04 Å². The monoisotopic (exact) mass is 281 g/mol. The smallest absolute Gasteiger partial charge is 0.237 e. The zero-order chi connectivity index (χ0) is 14.4. The molecule has 0 aromatic rings. The second-order valence-electron chi connectivity index (χ2n) is 6.47. The van der Waals surface area contributed by atoms with Gasteiger partial charge in [0.25, 0.3) is 0 Å². The first-order valence-electron chi connectivity index (χ1n) is 8.45. The first kappa shape index (κ1) is 15.8. The number of nitrogens with zero attached hydrogens (tertiary/aromatic N) is 1. The van der Waals surface area contributed by atoms with Crippen LogP contribution in [-0.4, -0.2) is 49.1 Å². The molecule has 116 valence electrons. The molecule has 1 aliphatic heterocycles. The van der Waals surface area contributed by atoms with Crippen LogP contribution in [0.25, 0.3) is 0 Å². The second kappa shape index (κ2) is 7.99. The van der Waals surface area contributed by atoms with E-state index >= 15 is 0 Å². The molecule has 1 saturated carbocycles. The summed E-state index contributed by atoms with van der Waals surface area (Å²) in [5, 5.41) is 6.70. The van der Waals surface area contributed by atoms with Crippen molar-refractivity contribution in [2.24, 2.45) is 5.92 Å². The predicted molar refractivity (Wildman–Crippen MR) is 82.7 cm³/mol. The van der Waals surface area contributed by atoms with Crippen LogP contribution >= 0.6 is 0 Å². The van der Waals surface area contributed by atoms with Gasteiger partial charge in [-0.05, 0) is 58.2 Å². The van der Waals surface area contributed by atoms with Gasteiger partial charge in [0.1, 0.15) is 0 Å². The lowest BCUT2D eigenvalue weighted by atomic mass is 9.98. The lowest BCUT2D eigenvalue weighted by Gasteiger charge is -2.33. The van der Waals surface area contributed by atoms with Crippen LogP contribution < -0.4 is 10.6 Å². The molecule has 0 bridgehead atoms. The molecule has 4 nitrogen and oxygen atoms in total. The summed E-state index contributed by atoms with van der Waals surface area (Å²) in [6.45, 7) is 8.48. The molecular weight excluding hydrogens is 250 g/mol. The van der Waals surface area contributed by atoms with E-state index in [2.05, 4.69) is 29.4 Å². The van der Waals surface area contributed by atoms with E-state index in [9.17, 15) is 4.79 Å². The van der Waals surface area contributed by atoms with E-state index in [-0.39, 0.29) is 11.9 Å². The fourth-order valence-electron chi connectivity index (χ4n) is 3.53. The van der Waals surface area contributed by atoms with E-state index in [1.54, 1.807) is 0 Å². The standard InChI is InChI=1S/C16H31N3O/c1-3-19(12-14-7-6-10-17-11-14)13(2)16(20)18-15-8-4-5-9-15/h13-15,17H,3-12H2,1-2H3,(H,18,20). The van der Waals surface area contributed by atoms with Gasteiger partial charge in [0, 0.05) is 12.6 Å². The molecule has 2 fully saturated rings. The van der Waals surface area contributed by atoms with Gasteiger partial charge in [-0.25, -0.2) is 0 Å². The summed E-state index contributed by atoms with van der Waals surface area (Å²) in [6.07, 6.45) is 7.43. The number of likely N-dealkylation sites (N-methyl/N-ethyl adjacent to an activating group) is 1. The van der Waals surface area contributed by atoms with Crippen LogP contribution in [0.3, 0.4) is 0 Å². The second-order valence-corrected chi connectivity index (χ2v) is 6.47. The van der Waals surface area contributed by atoms with E-state index in [4.69, 9.17) is 0 Å². The van der Waals surface area contributed by atoms with E-state index in [0.29, 0.717) is 12.0 Å². The molecule has 1 aliphatic carbocycles. The topological polar surface area (TPSA) is 44.4 Å². The quantitative estimate of drug-likeness (QED) is 0.780. The summed E-state index contributed by atoms with van der Waals surface area (Å²) in [4.78, 5) is 14.7. The van der Waals surface area contributed by atoms with E-state index in [0.717, 1.165) is 39.0 Å². The van der Waals surface area contributed by atoms with Crippen LogP contribution in [0, 0.1) is 5.92 Å². The van der Waals surface area contributed by atoms with Crippen LogP contribution in [-0.2, 0) is 4.79 Å². The van der Waals surface area contributed by atoms with Crippen molar-refractivity contribution >= 4 is 5.91 Å². The van der Waals surface area contributed by atoms with Gasteiger partial charge in [0.15, 0.2) is 0 Å². The third-order valence-electron chi connectivity index (χ3n) is 4.93. The Kier molecular flexibility index (Phi) is 6.30. The predicted octanol–water partition coefficient (Wildman–Crippen LogP) is 1.76. The number of carbonyl (C=O) groups excluding carboxylic acids is 1. The Labute approximate surface area is 123 Å². The minimum Gasteiger partial charge on any atom is -0.352 e. The van der Waals surface area contributed by atoms with Gasteiger partial charge in [-0.15, -0.1) is 0 Å². The Morgan fingerprint density at radius 2 is 2.05 bits per heavy atom. The van der Waals surface area contributed by atoms with E-state index < -0.39 is 0 Å². The molecule has 1 amide bonds. The van der Waals surface area contributed by atoms with Crippen molar-refractivity contribution < 1.29 is 4.79 Å². The maximum atomic E-state index is 12.4. The highest BCUT2D eigenvalue weighted by Crippen LogP contribution is 2.18. The van der Waals surface area contributed by atoms with Crippen molar-refractivity contribution in [3.8, 4) is 0 Å². The van der Waals surface area contributed by atoms with Crippen LogP contribution in [0.4, 0.5) is 0 Å². The van der Waals surface area contributed by atoms with Gasteiger partial charge >= 0.3 is 0 Å². The summed E-state index contributed by atoms with van der Waals surface area (Å²) < 4.78 is 0. The third kappa shape index (κ3) is 4.45. The Morgan fingerprint density at radius 1 is 1.30 bits per heavy atom. The number of piperidine rings is 1. The normalized spacial score (nSPS) is 25.9. The molecule has 20 heavy (non-hydrogen) atoms. The highest BCUT2D eigenvalue weighted by atomic mass is 16.2. The van der Waals surface area contributed by atoms with Crippen molar-refractivity contribution in [1.82, 2.24) is 15.5 Å². The molecule has 2 aliphatic rings. The lowest BCUT2D eigenvalue weighted by Crippen LogP contribution is -2.50. The molecule has 2 rings (SSSR count). The fourth-order valence-corrected chi connectivity index (χ4v) is 3.53. The Bertz CT molecular complexity index is 296. The maximum Gasteiger partial charge on any atom is 0.237 e. The highest BCUT2D eigenvalue weighted by molar-refractivity contribution is 5.81. The molecule has 2 atom stereocenters. The molecule has 0 radical (unpaired) electrons. The van der Waals surface area contributed by atoms with Crippen LogP contribution in [0.2, 0.25) is 0 Å². The van der Waals surface area contributed by atoms with Gasteiger partial charge in [-0.2, -0.15) is 0 Å². The zero-order valence-electron chi connectivity index (χ0n) is 13.2. The average Bonchev–Trinajstić information content (AvgIpc) is 2.98. The van der Waals surface area contributed by atoms with E-state index in [1.165, 1.54) is 25.7 Å². The van der Waals surface area contributed by atoms with Crippen molar-refractivity contribution in [3.05, 3.63) is 0 Å². The average molecular weight is 281 g/mol. The third-order valence-corrected chi connectivity index (χ3v) is 4.93. The minimum absolute atomic E-state index is 0.00234. The molecule has 2 N–H and O–H groups in total. The Balaban J connectivity index is 1.80. The molecule has 0 aromatic heterocycles. The first-order valence-corrected chi connectivity index (χ1v) is 8.45. The number of carbonyl (C=O) groups is 1. The molecule has 0 spiro atoms. The number of hydrogen-bond acceptors (Lipinski definition) is 3. The maximum absolute atomic E-state index is 12.4. The fraction of sp³-hybridized carbons (Fsp3) is 0.938.